The predicted octanol–water partition coefficient (Wildman–Crippen LogP) is 4.55. The van der Waals surface area contributed by atoms with Gasteiger partial charge in [0.25, 0.3) is 0 Å². The summed E-state index contributed by atoms with van der Waals surface area (Å²) in [6.45, 7) is 3.01. The van der Waals surface area contributed by atoms with Gasteiger partial charge in [-0.15, -0.1) is 0 Å². The molecule has 1 amide bonds. The Hall–Kier alpha value is -3.13. The summed E-state index contributed by atoms with van der Waals surface area (Å²) in [5.74, 6) is -1.29. The van der Waals surface area contributed by atoms with Gasteiger partial charge >= 0.3 is 0 Å². The number of nitrogens with two attached hydrogens (primary N) is 2. The van der Waals surface area contributed by atoms with Crippen LogP contribution in [0, 0.1) is 17.0 Å². The summed E-state index contributed by atoms with van der Waals surface area (Å²) in [7, 11) is 0. The third-order valence-electron chi connectivity index (χ3n) is 6.01. The van der Waals surface area contributed by atoms with E-state index in [1.807, 2.05) is 4.57 Å². The molecule has 0 fully saturated rings. The van der Waals surface area contributed by atoms with Gasteiger partial charge in [-0.05, 0) is 42.7 Å². The monoisotopic (exact) mass is 458 g/mol. The van der Waals surface area contributed by atoms with Gasteiger partial charge in [0.15, 0.2) is 0 Å². The minimum Gasteiger partial charge on any atom is -0.369 e. The molecule has 5 nitrogen and oxygen atoms in total. The number of hydrogen-bond acceptors (Lipinski definition) is 3. The normalized spacial score (nSPS) is 13.6. The Labute approximate surface area is 191 Å². The molecule has 0 unspecified atom stereocenters. The highest BCUT2D eigenvalue weighted by Crippen LogP contribution is 2.40. The zero-order valence-electron chi connectivity index (χ0n) is 18.8. The molecule has 8 heteroatoms. The molecule has 176 valence electrons. The second kappa shape index (κ2) is 10.2. The predicted molar refractivity (Wildman–Crippen MR) is 122 cm³/mol. The average molecular weight is 459 g/mol. The smallest absolute Gasteiger partial charge is 0.223 e. The van der Waals surface area contributed by atoms with Crippen LogP contribution < -0.4 is 11.5 Å². The van der Waals surface area contributed by atoms with Crippen molar-refractivity contribution in [2.24, 2.45) is 16.9 Å². The number of amides is 1. The van der Waals surface area contributed by atoms with Crippen LogP contribution in [0.1, 0.15) is 44.0 Å². The lowest BCUT2D eigenvalue weighted by molar-refractivity contribution is -0.127. The van der Waals surface area contributed by atoms with Gasteiger partial charge in [0, 0.05) is 30.3 Å². The third kappa shape index (κ3) is 5.82. The molecule has 0 aliphatic carbocycles. The van der Waals surface area contributed by atoms with E-state index >= 15 is 0 Å². The van der Waals surface area contributed by atoms with Crippen molar-refractivity contribution in [1.29, 1.82) is 0 Å². The summed E-state index contributed by atoms with van der Waals surface area (Å²) in [4.78, 5) is 17.1. The minimum absolute atomic E-state index is 0.274. The van der Waals surface area contributed by atoms with Crippen LogP contribution in [0.3, 0.4) is 0 Å². The molecule has 33 heavy (non-hydrogen) atoms. The Bertz CT molecular complexity index is 1110. The molecule has 2 aromatic carbocycles. The maximum Gasteiger partial charge on any atom is 0.223 e. The number of alkyl halides is 1. The number of hydrogen-bond donors (Lipinski definition) is 2. The van der Waals surface area contributed by atoms with Gasteiger partial charge in [-0.3, -0.25) is 4.79 Å². The molecule has 0 saturated heterocycles. The van der Waals surface area contributed by atoms with Gasteiger partial charge in [0.1, 0.15) is 24.1 Å². The highest BCUT2D eigenvalue weighted by Gasteiger charge is 2.39. The number of nitrogens with zero attached hydrogens (tertiary/aromatic N) is 2. The van der Waals surface area contributed by atoms with Crippen LogP contribution in [0.15, 0.2) is 54.7 Å². The van der Waals surface area contributed by atoms with Crippen LogP contribution in [0.4, 0.5) is 13.2 Å². The first-order valence-corrected chi connectivity index (χ1v) is 10.8. The van der Waals surface area contributed by atoms with Crippen molar-refractivity contribution in [2.45, 2.75) is 45.2 Å². The molecule has 0 aliphatic heterocycles. The average Bonchev–Trinajstić information content (AvgIpc) is 3.16. The molecule has 4 N–H and O–H groups in total. The summed E-state index contributed by atoms with van der Waals surface area (Å²) in [6.07, 6.45) is 2.43. The third-order valence-corrected chi connectivity index (χ3v) is 6.01. The number of aromatic nitrogens is 2. The van der Waals surface area contributed by atoms with E-state index in [9.17, 15) is 18.0 Å². The fourth-order valence-electron chi connectivity index (χ4n) is 3.90. The second-order valence-electron chi connectivity index (χ2n) is 8.88. The molecule has 3 aromatic rings. The van der Waals surface area contributed by atoms with Crippen molar-refractivity contribution < 1.29 is 18.0 Å². The van der Waals surface area contributed by atoms with Crippen molar-refractivity contribution in [3.05, 3.63) is 77.8 Å². The van der Waals surface area contributed by atoms with Gasteiger partial charge in [0.05, 0.1) is 11.1 Å². The van der Waals surface area contributed by atoms with E-state index in [0.29, 0.717) is 35.5 Å². The molecule has 1 aromatic heterocycles. The second-order valence-corrected chi connectivity index (χ2v) is 8.88. The highest BCUT2D eigenvalue weighted by atomic mass is 19.1. The summed E-state index contributed by atoms with van der Waals surface area (Å²) in [6, 6.07) is 11.5. The summed E-state index contributed by atoms with van der Waals surface area (Å²) < 4.78 is 42.5. The van der Waals surface area contributed by atoms with Crippen molar-refractivity contribution in [3.63, 3.8) is 0 Å². The summed E-state index contributed by atoms with van der Waals surface area (Å²) in [5.41, 5.74) is 12.3. The molecule has 0 radical (unpaired) electrons. The van der Waals surface area contributed by atoms with Crippen molar-refractivity contribution in [1.82, 2.24) is 9.55 Å². The van der Waals surface area contributed by atoms with Gasteiger partial charge in [0.2, 0.25) is 5.91 Å². The Morgan fingerprint density at radius 1 is 1.09 bits per heavy atom. The van der Waals surface area contributed by atoms with E-state index in [0.717, 1.165) is 0 Å². The van der Waals surface area contributed by atoms with Gasteiger partial charge in [-0.2, -0.15) is 0 Å². The first-order valence-electron chi connectivity index (χ1n) is 10.8. The molecule has 0 bridgehead atoms. The van der Waals surface area contributed by atoms with Gasteiger partial charge in [-0.1, -0.05) is 38.1 Å². The maximum atomic E-state index is 13.9. The van der Waals surface area contributed by atoms with E-state index in [1.165, 1.54) is 24.3 Å². The summed E-state index contributed by atoms with van der Waals surface area (Å²) >= 11 is 0. The largest absolute Gasteiger partial charge is 0.369 e. The number of rotatable bonds is 10. The molecule has 0 saturated carbocycles. The Balaban J connectivity index is 2.12. The van der Waals surface area contributed by atoms with Crippen LogP contribution in [0.25, 0.3) is 11.3 Å². The van der Waals surface area contributed by atoms with Crippen molar-refractivity contribution >= 4 is 5.91 Å². The number of imidazole rings is 1. The first kappa shape index (κ1) is 24.5. The zero-order chi connectivity index (χ0) is 24.2. The topological polar surface area (TPSA) is 86.9 Å². The van der Waals surface area contributed by atoms with E-state index in [4.69, 9.17) is 16.5 Å². The Kier molecular flexibility index (Phi) is 7.58. The molecule has 1 heterocycles. The van der Waals surface area contributed by atoms with E-state index in [2.05, 4.69) is 0 Å². The SMILES string of the molecule is CC(C)(C(N)=O)[C@@H](CC[C@H](N)CF)c1nc(-c2cccc(F)c2)cn1Cc1cccc(F)c1. The van der Waals surface area contributed by atoms with Crippen molar-refractivity contribution in [3.8, 4) is 11.3 Å². The van der Waals surface area contributed by atoms with Crippen molar-refractivity contribution in [2.75, 3.05) is 6.67 Å². The van der Waals surface area contributed by atoms with Crippen LogP contribution in [-0.4, -0.2) is 28.2 Å². The van der Waals surface area contributed by atoms with E-state index in [1.54, 1.807) is 44.3 Å². The minimum atomic E-state index is -1.03. The van der Waals surface area contributed by atoms with E-state index < -0.39 is 35.8 Å². The standard InChI is InChI=1S/C25H29F3N4O/c1-25(2,24(30)33)21(10-9-20(29)13-26)23-31-22(17-6-4-8-19(28)12-17)15-32(23)14-16-5-3-7-18(27)11-16/h3-8,11-12,15,20-21H,9-10,13-14,29H2,1-2H3,(H2,30,33)/t20-,21-/m0/s1. The highest BCUT2D eigenvalue weighted by molar-refractivity contribution is 5.81. The Morgan fingerprint density at radius 2 is 1.76 bits per heavy atom. The summed E-state index contributed by atoms with van der Waals surface area (Å²) in [5, 5.41) is 0. The number of primary amides is 1. The van der Waals surface area contributed by atoms with Crippen LogP contribution in [-0.2, 0) is 11.3 Å². The first-order chi connectivity index (χ1) is 15.6. The lowest BCUT2D eigenvalue weighted by Gasteiger charge is -2.32. The van der Waals surface area contributed by atoms with Gasteiger partial charge in [-0.25, -0.2) is 18.2 Å². The van der Waals surface area contributed by atoms with Crippen LogP contribution in [0.5, 0.6) is 0 Å². The van der Waals surface area contributed by atoms with E-state index in [-0.39, 0.29) is 12.4 Å². The number of carbonyl (C=O) groups excluding carboxylic acids is 1. The fraction of sp³-hybridized carbons (Fsp3) is 0.360. The molecule has 3 rings (SSSR count). The van der Waals surface area contributed by atoms with Gasteiger partial charge < -0.3 is 16.0 Å². The van der Waals surface area contributed by atoms with Crippen LogP contribution in [0.2, 0.25) is 0 Å². The number of carbonyl (C=O) groups is 1. The maximum absolute atomic E-state index is 13.9. The number of benzene rings is 2. The molecule has 0 aliphatic rings. The lowest BCUT2D eigenvalue weighted by Crippen LogP contribution is -2.39. The molecular formula is C25H29F3N4O. The fourth-order valence-corrected chi connectivity index (χ4v) is 3.90. The zero-order valence-corrected chi connectivity index (χ0v) is 18.8. The quantitative estimate of drug-likeness (QED) is 0.467. The Morgan fingerprint density at radius 3 is 2.36 bits per heavy atom. The molecular weight excluding hydrogens is 429 g/mol. The van der Waals surface area contributed by atoms with Crippen LogP contribution >= 0.6 is 0 Å². The lowest BCUT2D eigenvalue weighted by atomic mass is 9.74. The number of halogens is 3. The molecule has 2 atom stereocenters. The molecule has 0 spiro atoms.